The molecule has 2 aromatic rings. The second-order valence-corrected chi connectivity index (χ2v) is 6.11. The highest BCUT2D eigenvalue weighted by atomic mass is 16.4. The molecule has 148 valence electrons. The first-order valence-electron chi connectivity index (χ1n) is 8.31. The van der Waals surface area contributed by atoms with E-state index in [1.165, 1.54) is 17.6 Å². The van der Waals surface area contributed by atoms with Crippen LogP contribution in [-0.2, 0) is 25.7 Å². The number of carbonyl (C=O) groups is 5. The number of rotatable bonds is 9. The molecular formula is C18H19N3O7. The van der Waals surface area contributed by atoms with Crippen molar-refractivity contribution < 1.29 is 34.2 Å². The Hall–Kier alpha value is -3.69. The maximum Gasteiger partial charge on any atom is 0.323 e. The van der Waals surface area contributed by atoms with Crippen molar-refractivity contribution >= 4 is 40.9 Å². The van der Waals surface area contributed by atoms with E-state index in [4.69, 9.17) is 10.2 Å². The van der Waals surface area contributed by atoms with Crippen molar-refractivity contribution in [2.75, 3.05) is 0 Å². The number of fused-ring (bicyclic) bond motifs is 1. The number of hydrogen-bond acceptors (Lipinski definition) is 5. The number of carbonyl (C=O) groups excluding carboxylic acids is 3. The maximum absolute atomic E-state index is 12.6. The molecule has 0 saturated heterocycles. The molecule has 4 N–H and O–H groups in total. The second kappa shape index (κ2) is 8.80. The molecule has 0 bridgehead atoms. The minimum Gasteiger partial charge on any atom is -0.481 e. The van der Waals surface area contributed by atoms with Crippen LogP contribution in [0.4, 0.5) is 0 Å². The number of carboxylic acids is 2. The lowest BCUT2D eigenvalue weighted by atomic mass is 10.2. The zero-order valence-corrected chi connectivity index (χ0v) is 14.9. The van der Waals surface area contributed by atoms with Gasteiger partial charge in [0, 0.05) is 10.9 Å². The normalized spacial score (nSPS) is 12.8. The third kappa shape index (κ3) is 4.93. The molecule has 1 aromatic carbocycles. The van der Waals surface area contributed by atoms with E-state index in [1.54, 1.807) is 24.3 Å². The van der Waals surface area contributed by atoms with E-state index < -0.39 is 48.8 Å². The van der Waals surface area contributed by atoms with Crippen LogP contribution in [0.2, 0.25) is 0 Å². The van der Waals surface area contributed by atoms with Gasteiger partial charge in [0.15, 0.2) is 0 Å². The molecule has 0 unspecified atom stereocenters. The van der Waals surface area contributed by atoms with Gasteiger partial charge < -0.3 is 30.2 Å². The first-order chi connectivity index (χ1) is 13.2. The molecule has 28 heavy (non-hydrogen) atoms. The Morgan fingerprint density at radius 1 is 1.11 bits per heavy atom. The minimum absolute atomic E-state index is 0.0562. The third-order valence-electron chi connectivity index (χ3n) is 3.96. The summed E-state index contributed by atoms with van der Waals surface area (Å²) in [4.78, 5) is 57.4. The number of para-hydroxylation sites is 1. The monoisotopic (exact) mass is 389 g/mol. The summed E-state index contributed by atoms with van der Waals surface area (Å²) in [6, 6.07) is 6.06. The Labute approximate surface area is 159 Å². The predicted octanol–water partition coefficient (Wildman–Crippen LogP) is 0.00260. The number of benzene rings is 1. The van der Waals surface area contributed by atoms with Crippen LogP contribution in [0, 0.1) is 0 Å². The molecule has 2 atom stereocenters. The standard InChI is InChI=1S/C18H19N3O7/c1-10(17(27)20-12(9-22)7-15(23)24)19-18(28)14-6-11-4-2-3-5-13(11)21(14)8-16(25)26/h2-6,9-10,12H,7-8H2,1H3,(H,19,28)(H,20,27)(H,23,24)(H,25,26)/t10-,12-/m0/s1. The van der Waals surface area contributed by atoms with Gasteiger partial charge in [0.2, 0.25) is 5.91 Å². The summed E-state index contributed by atoms with van der Waals surface area (Å²) >= 11 is 0. The maximum atomic E-state index is 12.6. The summed E-state index contributed by atoms with van der Waals surface area (Å²) in [5, 5.41) is 23.1. The largest absolute Gasteiger partial charge is 0.481 e. The van der Waals surface area contributed by atoms with E-state index in [0.717, 1.165) is 0 Å². The fourth-order valence-electron chi connectivity index (χ4n) is 2.67. The summed E-state index contributed by atoms with van der Waals surface area (Å²) in [5.74, 6) is -3.82. The highest BCUT2D eigenvalue weighted by molar-refractivity contribution is 6.01. The average molecular weight is 389 g/mol. The Morgan fingerprint density at radius 3 is 2.39 bits per heavy atom. The second-order valence-electron chi connectivity index (χ2n) is 6.11. The van der Waals surface area contributed by atoms with Crippen LogP contribution in [0.5, 0.6) is 0 Å². The van der Waals surface area contributed by atoms with Crippen molar-refractivity contribution in [1.29, 1.82) is 0 Å². The minimum atomic E-state index is -1.26. The van der Waals surface area contributed by atoms with Gasteiger partial charge in [0.25, 0.3) is 5.91 Å². The Kier molecular flexibility index (Phi) is 6.48. The summed E-state index contributed by atoms with van der Waals surface area (Å²) < 4.78 is 1.32. The molecule has 1 heterocycles. The van der Waals surface area contributed by atoms with Crippen molar-refractivity contribution in [1.82, 2.24) is 15.2 Å². The molecule has 0 spiro atoms. The van der Waals surface area contributed by atoms with E-state index >= 15 is 0 Å². The van der Waals surface area contributed by atoms with Gasteiger partial charge in [-0.15, -0.1) is 0 Å². The molecule has 0 aliphatic carbocycles. The van der Waals surface area contributed by atoms with E-state index in [0.29, 0.717) is 17.2 Å². The topological polar surface area (TPSA) is 155 Å². The first-order valence-corrected chi connectivity index (χ1v) is 8.31. The van der Waals surface area contributed by atoms with Crippen LogP contribution >= 0.6 is 0 Å². The summed E-state index contributed by atoms with van der Waals surface area (Å²) in [7, 11) is 0. The van der Waals surface area contributed by atoms with Crippen molar-refractivity contribution in [3.63, 3.8) is 0 Å². The van der Waals surface area contributed by atoms with Gasteiger partial charge in [-0.25, -0.2) is 0 Å². The van der Waals surface area contributed by atoms with Crippen LogP contribution in [0.3, 0.4) is 0 Å². The molecule has 10 heteroatoms. The Balaban J connectivity index is 2.17. The predicted molar refractivity (Wildman–Crippen MR) is 96.7 cm³/mol. The smallest absolute Gasteiger partial charge is 0.323 e. The fourth-order valence-corrected chi connectivity index (χ4v) is 2.67. The van der Waals surface area contributed by atoms with Gasteiger partial charge in [-0.1, -0.05) is 18.2 Å². The number of aromatic nitrogens is 1. The van der Waals surface area contributed by atoms with Crippen LogP contribution in [0.1, 0.15) is 23.8 Å². The molecule has 2 amide bonds. The van der Waals surface area contributed by atoms with Gasteiger partial charge in [-0.05, 0) is 19.1 Å². The lowest BCUT2D eigenvalue weighted by Crippen LogP contribution is -2.49. The van der Waals surface area contributed by atoms with Crippen LogP contribution in [0.15, 0.2) is 30.3 Å². The molecule has 1 aromatic heterocycles. The van der Waals surface area contributed by atoms with Crippen LogP contribution in [0.25, 0.3) is 10.9 Å². The number of carboxylic acid groups (broad SMARTS) is 2. The van der Waals surface area contributed by atoms with E-state index in [2.05, 4.69) is 10.6 Å². The summed E-state index contributed by atoms with van der Waals surface area (Å²) in [6.07, 6.45) is -0.284. The van der Waals surface area contributed by atoms with Gasteiger partial charge in [0.05, 0.1) is 12.5 Å². The number of aldehydes is 1. The summed E-state index contributed by atoms with van der Waals surface area (Å²) in [6.45, 7) is 0.919. The van der Waals surface area contributed by atoms with Crippen LogP contribution < -0.4 is 10.6 Å². The Morgan fingerprint density at radius 2 is 1.79 bits per heavy atom. The van der Waals surface area contributed by atoms with Gasteiger partial charge in [-0.2, -0.15) is 0 Å². The zero-order valence-electron chi connectivity index (χ0n) is 14.9. The molecule has 0 radical (unpaired) electrons. The highest BCUT2D eigenvalue weighted by Gasteiger charge is 2.23. The molecule has 0 saturated carbocycles. The van der Waals surface area contributed by atoms with Crippen molar-refractivity contribution in [2.24, 2.45) is 0 Å². The lowest BCUT2D eigenvalue weighted by molar-refractivity contribution is -0.139. The number of aliphatic carboxylic acids is 2. The fraction of sp³-hybridized carbons (Fsp3) is 0.278. The SMILES string of the molecule is C[C@H](NC(=O)c1cc2ccccc2n1CC(=O)O)C(=O)N[C@H](C=O)CC(=O)O. The number of nitrogens with zero attached hydrogens (tertiary/aromatic N) is 1. The number of hydrogen-bond donors (Lipinski definition) is 4. The summed E-state index contributed by atoms with van der Waals surface area (Å²) in [5.41, 5.74) is 0.607. The van der Waals surface area contributed by atoms with E-state index in [1.807, 2.05) is 0 Å². The average Bonchev–Trinajstić information content (AvgIpc) is 2.98. The van der Waals surface area contributed by atoms with Crippen LogP contribution in [-0.4, -0.2) is 56.9 Å². The third-order valence-corrected chi connectivity index (χ3v) is 3.96. The van der Waals surface area contributed by atoms with E-state index in [9.17, 15) is 24.0 Å². The zero-order chi connectivity index (χ0) is 20.8. The van der Waals surface area contributed by atoms with Gasteiger partial charge >= 0.3 is 11.9 Å². The van der Waals surface area contributed by atoms with Gasteiger partial charge in [0.1, 0.15) is 24.6 Å². The van der Waals surface area contributed by atoms with Gasteiger partial charge in [-0.3, -0.25) is 19.2 Å². The first kappa shape index (κ1) is 20.6. The molecule has 0 fully saturated rings. The number of nitrogens with one attached hydrogen (secondary N) is 2. The van der Waals surface area contributed by atoms with Crippen molar-refractivity contribution in [2.45, 2.75) is 32.0 Å². The quantitative estimate of drug-likeness (QED) is 0.440. The molecule has 0 aliphatic rings. The van der Waals surface area contributed by atoms with E-state index in [-0.39, 0.29) is 5.69 Å². The highest BCUT2D eigenvalue weighted by Crippen LogP contribution is 2.20. The molecule has 2 rings (SSSR count). The molecule has 0 aliphatic heterocycles. The Bertz CT molecular complexity index is 934. The molecule has 10 nitrogen and oxygen atoms in total. The lowest BCUT2D eigenvalue weighted by Gasteiger charge is -2.17. The molecular weight excluding hydrogens is 370 g/mol. The van der Waals surface area contributed by atoms with Crippen molar-refractivity contribution in [3.05, 3.63) is 36.0 Å². The van der Waals surface area contributed by atoms with Crippen molar-refractivity contribution in [3.8, 4) is 0 Å². The number of amides is 2.